The fourth-order valence-electron chi connectivity index (χ4n) is 2.85. The summed E-state index contributed by atoms with van der Waals surface area (Å²) in [5.74, 6) is 0.0943. The lowest BCUT2D eigenvalue weighted by atomic mass is 10.2. The first-order chi connectivity index (χ1) is 13.3. The topological polar surface area (TPSA) is 99.4 Å². The van der Waals surface area contributed by atoms with Crippen LogP contribution in [0, 0.1) is 0 Å². The molecule has 0 unspecified atom stereocenters. The smallest absolute Gasteiger partial charge is 0.330 e. The Morgan fingerprint density at radius 3 is 2.54 bits per heavy atom. The van der Waals surface area contributed by atoms with Crippen LogP contribution in [0.2, 0.25) is 0 Å². The Morgan fingerprint density at radius 1 is 1.25 bits per heavy atom. The summed E-state index contributed by atoms with van der Waals surface area (Å²) in [4.78, 5) is 30.9. The lowest BCUT2D eigenvalue weighted by molar-refractivity contribution is 0.400. The number of nitrogen functional groups attached to an aromatic ring is 1. The van der Waals surface area contributed by atoms with Gasteiger partial charge in [-0.1, -0.05) is 30.3 Å². The second-order valence-electron chi connectivity index (χ2n) is 6.70. The third-order valence-corrected chi connectivity index (χ3v) is 4.65. The first-order valence-corrected chi connectivity index (χ1v) is 9.62. The Balaban J connectivity index is 2.29. The van der Waals surface area contributed by atoms with Gasteiger partial charge in [-0.15, -0.1) is 0 Å². The van der Waals surface area contributed by atoms with Crippen LogP contribution in [0.25, 0.3) is 0 Å². The largest absolute Gasteiger partial charge is 0.383 e. The summed E-state index contributed by atoms with van der Waals surface area (Å²) >= 11 is 5.47. The van der Waals surface area contributed by atoms with Crippen molar-refractivity contribution in [2.45, 2.75) is 19.9 Å². The van der Waals surface area contributed by atoms with Gasteiger partial charge in [-0.2, -0.15) is 0 Å². The summed E-state index contributed by atoms with van der Waals surface area (Å²) in [5.41, 5.74) is 6.24. The molecule has 0 aliphatic heterocycles. The molecule has 0 bridgehead atoms. The highest BCUT2D eigenvalue weighted by Gasteiger charge is 2.20. The molecule has 0 fully saturated rings. The van der Waals surface area contributed by atoms with Gasteiger partial charge in [-0.05, 0) is 51.8 Å². The molecular formula is C19H28N6O2S. The lowest BCUT2D eigenvalue weighted by Gasteiger charge is -2.26. The van der Waals surface area contributed by atoms with E-state index in [1.165, 1.54) is 4.57 Å². The molecule has 28 heavy (non-hydrogen) atoms. The van der Waals surface area contributed by atoms with E-state index in [2.05, 4.69) is 15.2 Å². The molecule has 152 valence electrons. The number of aromatic amines is 1. The maximum atomic E-state index is 12.5. The minimum atomic E-state index is -0.550. The molecule has 2 aromatic rings. The van der Waals surface area contributed by atoms with E-state index in [0.29, 0.717) is 18.2 Å². The zero-order valence-electron chi connectivity index (χ0n) is 16.6. The number of benzene rings is 1. The van der Waals surface area contributed by atoms with Crippen molar-refractivity contribution >= 4 is 28.8 Å². The highest BCUT2D eigenvalue weighted by Crippen LogP contribution is 2.17. The standard InChI is InChI=1S/C19H28N6O2S/c1-4-24(19(28)21-11-8-12-23(2)3)15-16(20)25(18(27)22-17(15)26)13-14-9-6-5-7-10-14/h5-7,9-10H,4,8,11-13,20H2,1-3H3,(H,21,28)(H,22,26,27). The molecule has 0 spiro atoms. The average molecular weight is 405 g/mol. The van der Waals surface area contributed by atoms with E-state index >= 15 is 0 Å². The van der Waals surface area contributed by atoms with Gasteiger partial charge < -0.3 is 20.9 Å². The molecule has 0 aliphatic carbocycles. The van der Waals surface area contributed by atoms with E-state index in [9.17, 15) is 9.59 Å². The van der Waals surface area contributed by atoms with Gasteiger partial charge in [0.25, 0.3) is 5.56 Å². The maximum absolute atomic E-state index is 12.5. The van der Waals surface area contributed by atoms with Crippen LogP contribution in [0.15, 0.2) is 39.9 Å². The number of aromatic nitrogens is 2. The molecule has 1 heterocycles. The van der Waals surface area contributed by atoms with E-state index < -0.39 is 11.2 Å². The minimum absolute atomic E-state index is 0.0943. The van der Waals surface area contributed by atoms with Crippen molar-refractivity contribution in [1.29, 1.82) is 0 Å². The van der Waals surface area contributed by atoms with Gasteiger partial charge in [0.05, 0.1) is 6.54 Å². The Morgan fingerprint density at radius 2 is 1.93 bits per heavy atom. The molecule has 0 aliphatic rings. The van der Waals surface area contributed by atoms with Gasteiger partial charge in [0.2, 0.25) is 0 Å². The van der Waals surface area contributed by atoms with Gasteiger partial charge in [-0.25, -0.2) is 4.79 Å². The lowest BCUT2D eigenvalue weighted by Crippen LogP contribution is -2.45. The van der Waals surface area contributed by atoms with Crippen LogP contribution in [0.1, 0.15) is 18.9 Å². The average Bonchev–Trinajstić information content (AvgIpc) is 2.66. The van der Waals surface area contributed by atoms with Crippen molar-refractivity contribution in [3.05, 3.63) is 56.7 Å². The number of anilines is 2. The minimum Gasteiger partial charge on any atom is -0.383 e. The molecule has 9 heteroatoms. The van der Waals surface area contributed by atoms with Gasteiger partial charge in [0.1, 0.15) is 5.82 Å². The number of hydrogen-bond acceptors (Lipinski definition) is 5. The number of rotatable bonds is 8. The predicted octanol–water partition coefficient (Wildman–Crippen LogP) is 0.820. The SMILES string of the molecule is CCN(C(=S)NCCCN(C)C)c1c(N)n(Cc2ccccc2)c(=O)[nH]c1=O. The second kappa shape index (κ2) is 10.0. The van der Waals surface area contributed by atoms with Crippen molar-refractivity contribution in [3.8, 4) is 0 Å². The van der Waals surface area contributed by atoms with Crippen LogP contribution in [-0.2, 0) is 6.54 Å². The fraction of sp³-hybridized carbons (Fsp3) is 0.421. The van der Waals surface area contributed by atoms with Crippen molar-refractivity contribution < 1.29 is 0 Å². The number of nitrogens with two attached hydrogens (primary N) is 1. The van der Waals surface area contributed by atoms with Gasteiger partial charge in [0, 0.05) is 13.1 Å². The predicted molar refractivity (Wildman–Crippen MR) is 118 cm³/mol. The third-order valence-electron chi connectivity index (χ3n) is 4.29. The van der Waals surface area contributed by atoms with Gasteiger partial charge in [0.15, 0.2) is 10.8 Å². The van der Waals surface area contributed by atoms with Crippen LogP contribution in [-0.4, -0.2) is 53.3 Å². The summed E-state index contributed by atoms with van der Waals surface area (Å²) in [6, 6.07) is 9.45. The van der Waals surface area contributed by atoms with Gasteiger partial charge in [-0.3, -0.25) is 14.3 Å². The van der Waals surface area contributed by atoms with Crippen LogP contribution in [0.3, 0.4) is 0 Å². The van der Waals surface area contributed by atoms with Crippen LogP contribution < -0.4 is 27.2 Å². The molecule has 0 atom stereocenters. The maximum Gasteiger partial charge on any atom is 0.330 e. The second-order valence-corrected chi connectivity index (χ2v) is 7.08. The Labute approximate surface area is 170 Å². The van der Waals surface area contributed by atoms with E-state index in [-0.39, 0.29) is 18.1 Å². The molecule has 0 amide bonds. The monoisotopic (exact) mass is 404 g/mol. The first-order valence-electron chi connectivity index (χ1n) is 9.21. The molecular weight excluding hydrogens is 376 g/mol. The van der Waals surface area contributed by atoms with Gasteiger partial charge >= 0.3 is 5.69 Å². The molecule has 0 saturated carbocycles. The summed E-state index contributed by atoms with van der Waals surface area (Å²) < 4.78 is 1.35. The number of H-pyrrole nitrogens is 1. The normalized spacial score (nSPS) is 10.9. The van der Waals surface area contributed by atoms with Crippen molar-refractivity contribution in [2.75, 3.05) is 44.4 Å². The van der Waals surface area contributed by atoms with E-state index in [1.807, 2.05) is 51.4 Å². The molecule has 4 N–H and O–H groups in total. The van der Waals surface area contributed by atoms with Crippen LogP contribution >= 0.6 is 12.2 Å². The number of hydrogen-bond donors (Lipinski definition) is 3. The zero-order chi connectivity index (χ0) is 20.7. The van der Waals surface area contributed by atoms with E-state index in [4.69, 9.17) is 18.0 Å². The summed E-state index contributed by atoms with van der Waals surface area (Å²) in [7, 11) is 4.01. The van der Waals surface area contributed by atoms with Crippen molar-refractivity contribution in [3.63, 3.8) is 0 Å². The number of thiocarbonyl (C=S) groups is 1. The van der Waals surface area contributed by atoms with E-state index in [0.717, 1.165) is 18.5 Å². The van der Waals surface area contributed by atoms with Crippen molar-refractivity contribution in [1.82, 2.24) is 19.8 Å². The highest BCUT2D eigenvalue weighted by atomic mass is 32.1. The summed E-state index contributed by atoms with van der Waals surface area (Å²) in [5, 5.41) is 3.57. The summed E-state index contributed by atoms with van der Waals surface area (Å²) in [6.07, 6.45) is 0.907. The third kappa shape index (κ3) is 5.43. The van der Waals surface area contributed by atoms with Crippen molar-refractivity contribution in [2.24, 2.45) is 0 Å². The molecule has 8 nitrogen and oxygen atoms in total. The molecule has 2 rings (SSSR count). The quantitative estimate of drug-likeness (QED) is 0.442. The number of nitrogens with zero attached hydrogens (tertiary/aromatic N) is 3. The molecule has 1 aromatic carbocycles. The molecule has 1 aromatic heterocycles. The zero-order valence-corrected chi connectivity index (χ0v) is 17.4. The molecule has 0 saturated heterocycles. The first kappa shape index (κ1) is 21.6. The Bertz CT molecular complexity index is 907. The van der Waals surface area contributed by atoms with E-state index in [1.54, 1.807) is 4.90 Å². The summed E-state index contributed by atoms with van der Waals surface area (Å²) in [6.45, 7) is 4.17. The molecule has 0 radical (unpaired) electrons. The van der Waals surface area contributed by atoms with Crippen LogP contribution in [0.4, 0.5) is 11.5 Å². The highest BCUT2D eigenvalue weighted by molar-refractivity contribution is 7.80. The van der Waals surface area contributed by atoms with Crippen LogP contribution in [0.5, 0.6) is 0 Å². The Hall–Kier alpha value is -2.65. The fourth-order valence-corrected chi connectivity index (χ4v) is 3.17. The number of nitrogens with one attached hydrogen (secondary N) is 2. The Kier molecular flexibility index (Phi) is 7.77.